The number of imide groups is 1. The number of hydrazone groups is 1. The van der Waals surface area contributed by atoms with E-state index in [4.69, 9.17) is 6.57 Å². The van der Waals surface area contributed by atoms with Crippen LogP contribution in [0.3, 0.4) is 0 Å². The van der Waals surface area contributed by atoms with Crippen LogP contribution >= 0.6 is 0 Å². The van der Waals surface area contributed by atoms with Gasteiger partial charge in [-0.05, 0) is 31.5 Å². The predicted molar refractivity (Wildman–Crippen MR) is 80.8 cm³/mol. The molecule has 2 aliphatic heterocycles. The van der Waals surface area contributed by atoms with Gasteiger partial charge in [-0.15, -0.1) is 0 Å². The van der Waals surface area contributed by atoms with Gasteiger partial charge < -0.3 is 0 Å². The Kier molecular flexibility index (Phi) is 4.59. The lowest BCUT2D eigenvalue weighted by Crippen LogP contribution is -2.41. The molecular formula is C15H13F3N4O2. The maximum atomic E-state index is 12.5. The summed E-state index contributed by atoms with van der Waals surface area (Å²) in [7, 11) is 0. The lowest BCUT2D eigenvalue weighted by atomic mass is 9.99. The SMILES string of the molecule is FC(F)F.[C-]#[N+]c1ccc(N2C(=O)N3N=CCC3(C)C2=O)cc1C. The van der Waals surface area contributed by atoms with E-state index in [1.807, 2.05) is 0 Å². The van der Waals surface area contributed by atoms with Crippen molar-refractivity contribution in [1.29, 1.82) is 0 Å². The van der Waals surface area contributed by atoms with Gasteiger partial charge in [0.1, 0.15) is 5.54 Å². The molecule has 0 saturated carbocycles. The molecule has 1 aromatic carbocycles. The number of fused-ring (bicyclic) bond motifs is 1. The molecule has 0 bridgehead atoms. The molecule has 0 N–H and O–H groups in total. The van der Waals surface area contributed by atoms with Crippen molar-refractivity contribution in [1.82, 2.24) is 5.01 Å². The Hall–Kier alpha value is -2.89. The van der Waals surface area contributed by atoms with Gasteiger partial charge in [0.2, 0.25) is 0 Å². The van der Waals surface area contributed by atoms with Gasteiger partial charge in [-0.2, -0.15) is 23.3 Å². The largest absolute Gasteiger partial charge is 0.379 e. The summed E-state index contributed by atoms with van der Waals surface area (Å²) >= 11 is 0. The highest BCUT2D eigenvalue weighted by Crippen LogP contribution is 2.37. The van der Waals surface area contributed by atoms with Crippen molar-refractivity contribution in [2.75, 3.05) is 4.90 Å². The molecule has 2 aliphatic rings. The topological polar surface area (TPSA) is 57.3 Å². The smallest absolute Gasteiger partial charge is 0.271 e. The van der Waals surface area contributed by atoms with Crippen LogP contribution < -0.4 is 4.90 Å². The van der Waals surface area contributed by atoms with Gasteiger partial charge in [-0.3, -0.25) is 4.79 Å². The molecular weight excluding hydrogens is 325 g/mol. The first-order valence-electron chi connectivity index (χ1n) is 6.84. The summed E-state index contributed by atoms with van der Waals surface area (Å²) in [5.41, 5.74) is 0.816. The van der Waals surface area contributed by atoms with Crippen LogP contribution in [0.25, 0.3) is 4.85 Å². The Morgan fingerprint density at radius 1 is 1.33 bits per heavy atom. The zero-order valence-corrected chi connectivity index (χ0v) is 12.8. The van der Waals surface area contributed by atoms with E-state index in [0.717, 1.165) is 10.5 Å². The van der Waals surface area contributed by atoms with E-state index in [1.54, 1.807) is 38.3 Å². The summed E-state index contributed by atoms with van der Waals surface area (Å²) in [6, 6.07) is 4.47. The molecule has 3 rings (SSSR count). The maximum Gasteiger partial charge on any atom is 0.379 e. The Labute approximate surface area is 136 Å². The third-order valence-corrected chi connectivity index (χ3v) is 3.75. The van der Waals surface area contributed by atoms with Crippen LogP contribution in [0.4, 0.5) is 29.3 Å². The van der Waals surface area contributed by atoms with Crippen molar-refractivity contribution < 1.29 is 22.8 Å². The van der Waals surface area contributed by atoms with Crippen LogP contribution in [0.2, 0.25) is 0 Å². The molecule has 1 aromatic rings. The van der Waals surface area contributed by atoms with Gasteiger partial charge in [0, 0.05) is 12.6 Å². The minimum atomic E-state index is -3.67. The molecule has 126 valence electrons. The number of benzene rings is 1. The third-order valence-electron chi connectivity index (χ3n) is 3.75. The molecule has 24 heavy (non-hydrogen) atoms. The lowest BCUT2D eigenvalue weighted by molar-refractivity contribution is -0.123. The van der Waals surface area contributed by atoms with E-state index in [0.29, 0.717) is 17.8 Å². The van der Waals surface area contributed by atoms with Crippen LogP contribution in [0.15, 0.2) is 23.3 Å². The average molecular weight is 338 g/mol. The lowest BCUT2D eigenvalue weighted by Gasteiger charge is -2.19. The van der Waals surface area contributed by atoms with Gasteiger partial charge in [0.15, 0.2) is 5.69 Å². The number of carbonyl (C=O) groups excluding carboxylic acids is 2. The summed E-state index contributed by atoms with van der Waals surface area (Å²) in [5.74, 6) is -0.282. The van der Waals surface area contributed by atoms with E-state index in [9.17, 15) is 22.8 Å². The van der Waals surface area contributed by atoms with E-state index < -0.39 is 18.2 Å². The normalized spacial score (nSPS) is 21.7. The molecule has 1 unspecified atom stereocenters. The zero-order valence-electron chi connectivity index (χ0n) is 12.8. The molecule has 6 nitrogen and oxygen atoms in total. The van der Waals surface area contributed by atoms with Crippen LogP contribution in [-0.2, 0) is 4.79 Å². The zero-order chi connectivity index (χ0) is 18.1. The van der Waals surface area contributed by atoms with Crippen molar-refractivity contribution in [3.63, 3.8) is 0 Å². The number of anilines is 1. The van der Waals surface area contributed by atoms with Crippen molar-refractivity contribution >= 4 is 29.5 Å². The standard InChI is InChI=1S/C14H12N4O2.CHF3/c1-9-8-10(4-5-11(9)15-3)17-12(19)14(2)6-7-16-18(14)13(17)20;2-1(3)4/h4-5,7-8H,6H2,1-2H3;1H. The molecule has 0 aromatic heterocycles. The van der Waals surface area contributed by atoms with Crippen LogP contribution in [0.1, 0.15) is 18.9 Å². The summed E-state index contributed by atoms with van der Waals surface area (Å²) in [4.78, 5) is 29.3. The van der Waals surface area contributed by atoms with Crippen molar-refractivity contribution in [3.05, 3.63) is 35.2 Å². The van der Waals surface area contributed by atoms with Crippen LogP contribution in [0.5, 0.6) is 0 Å². The second-order valence-corrected chi connectivity index (χ2v) is 5.34. The number of hydrogen-bond acceptors (Lipinski definition) is 3. The van der Waals surface area contributed by atoms with Gasteiger partial charge in [-0.25, -0.2) is 14.5 Å². The summed E-state index contributed by atoms with van der Waals surface area (Å²) in [6.45, 7) is 6.85. The number of rotatable bonds is 1. The van der Waals surface area contributed by atoms with Crippen LogP contribution in [-0.4, -0.2) is 35.4 Å². The molecule has 0 spiro atoms. The number of urea groups is 1. The third kappa shape index (κ3) is 2.82. The van der Waals surface area contributed by atoms with Gasteiger partial charge >= 0.3 is 12.7 Å². The molecule has 9 heteroatoms. The van der Waals surface area contributed by atoms with E-state index >= 15 is 0 Å². The summed E-state index contributed by atoms with van der Waals surface area (Å²) in [5, 5.41) is 5.21. The van der Waals surface area contributed by atoms with Crippen molar-refractivity contribution in [3.8, 4) is 0 Å². The summed E-state index contributed by atoms with van der Waals surface area (Å²) < 4.78 is 29.0. The monoisotopic (exact) mass is 338 g/mol. The number of carbonyl (C=O) groups is 2. The Balaban J connectivity index is 0.000000471. The molecule has 1 fully saturated rings. The first kappa shape index (κ1) is 17.5. The van der Waals surface area contributed by atoms with E-state index in [2.05, 4.69) is 9.95 Å². The van der Waals surface area contributed by atoms with Gasteiger partial charge in [0.25, 0.3) is 5.91 Å². The molecule has 1 atom stereocenters. The fourth-order valence-electron chi connectivity index (χ4n) is 2.51. The fraction of sp³-hybridized carbons (Fsp3) is 0.333. The molecule has 2 heterocycles. The minimum absolute atomic E-state index is 0.282. The highest BCUT2D eigenvalue weighted by Gasteiger charge is 2.57. The highest BCUT2D eigenvalue weighted by molar-refractivity contribution is 6.24. The Morgan fingerprint density at radius 2 is 1.96 bits per heavy atom. The first-order valence-corrected chi connectivity index (χ1v) is 6.84. The number of halogens is 3. The van der Waals surface area contributed by atoms with Gasteiger partial charge in [-0.1, -0.05) is 6.07 Å². The molecule has 3 amide bonds. The molecule has 1 saturated heterocycles. The van der Waals surface area contributed by atoms with Gasteiger partial charge in [0.05, 0.1) is 12.3 Å². The number of amides is 3. The van der Waals surface area contributed by atoms with Crippen molar-refractivity contribution in [2.24, 2.45) is 5.10 Å². The first-order chi connectivity index (χ1) is 11.2. The second-order valence-electron chi connectivity index (χ2n) is 5.34. The van der Waals surface area contributed by atoms with E-state index in [1.165, 1.54) is 5.01 Å². The average Bonchev–Trinajstić information content (AvgIpc) is 2.97. The Morgan fingerprint density at radius 3 is 2.46 bits per heavy atom. The number of nitrogens with zero attached hydrogens (tertiary/aromatic N) is 4. The number of hydrogen-bond donors (Lipinski definition) is 0. The van der Waals surface area contributed by atoms with Crippen LogP contribution in [0, 0.1) is 13.5 Å². The fourth-order valence-corrected chi connectivity index (χ4v) is 2.51. The van der Waals surface area contributed by atoms with E-state index in [-0.39, 0.29) is 5.91 Å². The molecule has 0 radical (unpaired) electrons. The number of aryl methyl sites for hydroxylation is 1. The number of alkyl halides is 3. The Bertz CT molecular complexity index is 757. The second kappa shape index (κ2) is 6.31. The minimum Gasteiger partial charge on any atom is -0.271 e. The predicted octanol–water partition coefficient (Wildman–Crippen LogP) is 3.64. The quantitative estimate of drug-likeness (QED) is 0.580. The maximum absolute atomic E-state index is 12.5. The van der Waals surface area contributed by atoms with Crippen molar-refractivity contribution in [2.45, 2.75) is 32.5 Å². The molecule has 0 aliphatic carbocycles. The summed E-state index contributed by atoms with van der Waals surface area (Å²) in [6.07, 6.45) is 2.01. The highest BCUT2D eigenvalue weighted by atomic mass is 19.4.